The first-order chi connectivity index (χ1) is 13.0. The van der Waals surface area contributed by atoms with Crippen LogP contribution < -0.4 is 10.0 Å². The molecule has 140 valence electrons. The van der Waals surface area contributed by atoms with Gasteiger partial charge in [0.1, 0.15) is 11.8 Å². The van der Waals surface area contributed by atoms with Gasteiger partial charge in [-0.25, -0.2) is 8.42 Å². The number of sulfonamides is 1. The number of rotatable bonds is 8. The van der Waals surface area contributed by atoms with E-state index >= 15 is 0 Å². The quantitative estimate of drug-likeness (QED) is 0.625. The molecule has 0 aliphatic carbocycles. The summed E-state index contributed by atoms with van der Waals surface area (Å²) in [6.07, 6.45) is 1.75. The normalized spacial score (nSPS) is 12.4. The Balaban J connectivity index is 1.77. The Morgan fingerprint density at radius 1 is 0.926 bits per heavy atom. The van der Waals surface area contributed by atoms with Gasteiger partial charge in [0.2, 0.25) is 15.9 Å². The number of furan rings is 1. The van der Waals surface area contributed by atoms with E-state index in [2.05, 4.69) is 10.0 Å². The van der Waals surface area contributed by atoms with Crippen LogP contribution in [0.25, 0.3) is 0 Å². The smallest absolute Gasteiger partial charge is 0.241 e. The number of nitrogens with one attached hydrogen (secondary N) is 2. The predicted octanol–water partition coefficient (Wildman–Crippen LogP) is 2.49. The molecule has 27 heavy (non-hydrogen) atoms. The molecule has 1 atom stereocenters. The van der Waals surface area contributed by atoms with Gasteiger partial charge in [-0.15, -0.1) is 0 Å². The first-order valence-electron chi connectivity index (χ1n) is 8.46. The summed E-state index contributed by atoms with van der Waals surface area (Å²) in [5.74, 6) is 0.169. The van der Waals surface area contributed by atoms with Crippen molar-refractivity contribution in [2.75, 3.05) is 0 Å². The fourth-order valence-corrected chi connectivity index (χ4v) is 3.82. The van der Waals surface area contributed by atoms with Crippen LogP contribution in [0.4, 0.5) is 0 Å². The molecule has 2 aromatic carbocycles. The topological polar surface area (TPSA) is 88.4 Å². The SMILES string of the molecule is O=C(NCc1ccco1)[C@H](Cc1ccccc1)NS(=O)(=O)c1ccccc1. The van der Waals surface area contributed by atoms with Crippen LogP contribution in [-0.2, 0) is 27.8 Å². The van der Waals surface area contributed by atoms with Crippen LogP contribution in [0, 0.1) is 0 Å². The van der Waals surface area contributed by atoms with Crippen molar-refractivity contribution in [2.24, 2.45) is 0 Å². The maximum absolute atomic E-state index is 12.7. The van der Waals surface area contributed by atoms with E-state index in [1.54, 1.807) is 30.3 Å². The number of benzene rings is 2. The van der Waals surface area contributed by atoms with Gasteiger partial charge < -0.3 is 9.73 Å². The Labute approximate surface area is 158 Å². The van der Waals surface area contributed by atoms with E-state index in [9.17, 15) is 13.2 Å². The molecule has 1 amide bonds. The third-order valence-corrected chi connectivity index (χ3v) is 5.45. The molecule has 2 N–H and O–H groups in total. The van der Waals surface area contributed by atoms with Gasteiger partial charge in [-0.1, -0.05) is 48.5 Å². The first-order valence-corrected chi connectivity index (χ1v) is 9.94. The van der Waals surface area contributed by atoms with E-state index in [-0.39, 0.29) is 17.9 Å². The molecular weight excluding hydrogens is 364 g/mol. The van der Waals surface area contributed by atoms with Gasteiger partial charge >= 0.3 is 0 Å². The minimum Gasteiger partial charge on any atom is -0.467 e. The highest BCUT2D eigenvalue weighted by Gasteiger charge is 2.26. The molecule has 3 aromatic rings. The number of carbonyl (C=O) groups is 1. The Hall–Kier alpha value is -2.90. The summed E-state index contributed by atoms with van der Waals surface area (Å²) in [5.41, 5.74) is 0.853. The van der Waals surface area contributed by atoms with Gasteiger partial charge in [-0.3, -0.25) is 4.79 Å². The minimum atomic E-state index is -3.83. The highest BCUT2D eigenvalue weighted by atomic mass is 32.2. The second-order valence-corrected chi connectivity index (χ2v) is 7.69. The van der Waals surface area contributed by atoms with Crippen molar-refractivity contribution in [3.63, 3.8) is 0 Å². The van der Waals surface area contributed by atoms with Gasteiger partial charge in [-0.2, -0.15) is 4.72 Å². The van der Waals surface area contributed by atoms with E-state index in [1.165, 1.54) is 18.4 Å². The van der Waals surface area contributed by atoms with Crippen LogP contribution in [0.1, 0.15) is 11.3 Å². The molecule has 7 heteroatoms. The third kappa shape index (κ3) is 5.29. The number of amides is 1. The van der Waals surface area contributed by atoms with Crippen molar-refractivity contribution in [2.45, 2.75) is 23.9 Å². The lowest BCUT2D eigenvalue weighted by Crippen LogP contribution is -2.47. The van der Waals surface area contributed by atoms with Gasteiger partial charge in [0, 0.05) is 0 Å². The van der Waals surface area contributed by atoms with Crippen LogP contribution in [0.2, 0.25) is 0 Å². The monoisotopic (exact) mass is 384 g/mol. The van der Waals surface area contributed by atoms with Crippen LogP contribution in [0.15, 0.2) is 88.4 Å². The number of carbonyl (C=O) groups excluding carboxylic acids is 1. The highest BCUT2D eigenvalue weighted by Crippen LogP contribution is 2.11. The zero-order valence-electron chi connectivity index (χ0n) is 14.5. The third-order valence-electron chi connectivity index (χ3n) is 3.97. The Morgan fingerprint density at radius 2 is 1.59 bits per heavy atom. The van der Waals surface area contributed by atoms with Crippen molar-refractivity contribution < 1.29 is 17.6 Å². The lowest BCUT2D eigenvalue weighted by molar-refractivity contribution is -0.122. The zero-order chi connectivity index (χ0) is 19.1. The molecule has 1 heterocycles. The summed E-state index contributed by atoms with van der Waals surface area (Å²) in [5, 5.41) is 2.72. The zero-order valence-corrected chi connectivity index (χ0v) is 15.4. The molecule has 0 fully saturated rings. The number of hydrogen-bond acceptors (Lipinski definition) is 4. The maximum atomic E-state index is 12.7. The van der Waals surface area contributed by atoms with E-state index < -0.39 is 22.0 Å². The molecule has 0 bridgehead atoms. The summed E-state index contributed by atoms with van der Waals surface area (Å²) < 4.78 is 33.0. The average Bonchev–Trinajstić information content (AvgIpc) is 3.20. The van der Waals surface area contributed by atoms with Crippen molar-refractivity contribution in [3.8, 4) is 0 Å². The predicted molar refractivity (Wildman–Crippen MR) is 101 cm³/mol. The van der Waals surface area contributed by atoms with E-state index in [1.807, 2.05) is 30.3 Å². The largest absolute Gasteiger partial charge is 0.467 e. The molecule has 3 rings (SSSR count). The van der Waals surface area contributed by atoms with Gasteiger partial charge in [0.15, 0.2) is 0 Å². The average molecular weight is 384 g/mol. The standard InChI is InChI=1S/C20H20N2O4S/c23-20(21-15-17-10-7-13-26-17)19(14-16-8-3-1-4-9-16)22-27(24,25)18-11-5-2-6-12-18/h1-13,19,22H,14-15H2,(H,21,23)/t19-/m0/s1. The lowest BCUT2D eigenvalue weighted by Gasteiger charge is -2.18. The number of hydrogen-bond donors (Lipinski definition) is 2. The minimum absolute atomic E-state index is 0.113. The molecular formula is C20H20N2O4S. The second-order valence-electron chi connectivity index (χ2n) is 5.97. The molecule has 0 aliphatic heterocycles. The van der Waals surface area contributed by atoms with Gasteiger partial charge in [-0.05, 0) is 36.2 Å². The van der Waals surface area contributed by atoms with Crippen molar-refractivity contribution in [3.05, 3.63) is 90.4 Å². The van der Waals surface area contributed by atoms with Gasteiger partial charge in [0.25, 0.3) is 0 Å². The Morgan fingerprint density at radius 3 is 2.22 bits per heavy atom. The molecule has 0 saturated heterocycles. The van der Waals surface area contributed by atoms with Crippen molar-refractivity contribution in [1.82, 2.24) is 10.0 Å². The Kier molecular flexibility index (Phi) is 6.05. The second kappa shape index (κ2) is 8.66. The van der Waals surface area contributed by atoms with Crippen LogP contribution >= 0.6 is 0 Å². The molecule has 0 spiro atoms. The summed E-state index contributed by atoms with van der Waals surface area (Å²) in [7, 11) is -3.83. The van der Waals surface area contributed by atoms with E-state index in [4.69, 9.17) is 4.42 Å². The van der Waals surface area contributed by atoms with E-state index in [0.717, 1.165) is 5.56 Å². The molecule has 0 saturated carbocycles. The fourth-order valence-electron chi connectivity index (χ4n) is 2.60. The van der Waals surface area contributed by atoms with Crippen molar-refractivity contribution in [1.29, 1.82) is 0 Å². The summed E-state index contributed by atoms with van der Waals surface area (Å²) >= 11 is 0. The molecule has 0 unspecified atom stereocenters. The van der Waals surface area contributed by atoms with Crippen molar-refractivity contribution >= 4 is 15.9 Å². The highest BCUT2D eigenvalue weighted by molar-refractivity contribution is 7.89. The summed E-state index contributed by atoms with van der Waals surface area (Å²) in [6.45, 7) is 0.185. The summed E-state index contributed by atoms with van der Waals surface area (Å²) in [4.78, 5) is 12.8. The maximum Gasteiger partial charge on any atom is 0.241 e. The lowest BCUT2D eigenvalue weighted by atomic mass is 10.1. The Bertz CT molecular complexity index is 956. The molecule has 6 nitrogen and oxygen atoms in total. The van der Waals surface area contributed by atoms with E-state index in [0.29, 0.717) is 5.76 Å². The summed E-state index contributed by atoms with van der Waals surface area (Å²) in [6, 6.07) is 19.8. The van der Waals surface area contributed by atoms with Crippen LogP contribution in [0.3, 0.4) is 0 Å². The molecule has 0 radical (unpaired) electrons. The molecule has 0 aliphatic rings. The first kappa shape index (κ1) is 18.9. The van der Waals surface area contributed by atoms with Crippen LogP contribution in [-0.4, -0.2) is 20.4 Å². The molecule has 1 aromatic heterocycles. The van der Waals surface area contributed by atoms with Crippen LogP contribution in [0.5, 0.6) is 0 Å². The fraction of sp³-hybridized carbons (Fsp3) is 0.150. The van der Waals surface area contributed by atoms with Gasteiger partial charge in [0.05, 0.1) is 17.7 Å².